The van der Waals surface area contributed by atoms with E-state index in [9.17, 15) is 8.42 Å². The Morgan fingerprint density at radius 1 is 1.47 bits per heavy atom. The summed E-state index contributed by atoms with van der Waals surface area (Å²) in [7, 11) is -3.27. The highest BCUT2D eigenvalue weighted by atomic mass is 32.2. The van der Waals surface area contributed by atoms with Crippen LogP contribution >= 0.6 is 0 Å². The third-order valence-corrected chi connectivity index (χ3v) is 4.76. The van der Waals surface area contributed by atoms with Crippen molar-refractivity contribution in [3.8, 4) is 0 Å². The Labute approximate surface area is 102 Å². The molecule has 0 aromatic heterocycles. The molecule has 1 aliphatic rings. The summed E-state index contributed by atoms with van der Waals surface area (Å²) in [4.78, 5) is 0. The summed E-state index contributed by atoms with van der Waals surface area (Å²) >= 11 is 0. The minimum atomic E-state index is -3.27. The highest BCUT2D eigenvalue weighted by Crippen LogP contribution is 2.18. The molecule has 0 N–H and O–H groups in total. The topological polar surface area (TPSA) is 46.6 Å². The molecule has 1 saturated heterocycles. The smallest absolute Gasteiger partial charge is 0.220 e. The molecule has 0 bridgehead atoms. The van der Waals surface area contributed by atoms with Crippen LogP contribution in [0.25, 0.3) is 0 Å². The van der Waals surface area contributed by atoms with E-state index in [0.29, 0.717) is 13.2 Å². The van der Waals surface area contributed by atoms with Crippen molar-refractivity contribution < 1.29 is 13.2 Å². The van der Waals surface area contributed by atoms with Gasteiger partial charge in [0.15, 0.2) is 0 Å². The SMILES string of the molecule is Cc1cccc(CS(=O)(=O)N2CCOC2C)c1. The van der Waals surface area contributed by atoms with Crippen LogP contribution in [0.1, 0.15) is 18.1 Å². The van der Waals surface area contributed by atoms with E-state index in [1.165, 1.54) is 4.31 Å². The lowest BCUT2D eigenvalue weighted by Crippen LogP contribution is -2.35. The molecule has 1 aromatic carbocycles. The molecule has 0 spiro atoms. The van der Waals surface area contributed by atoms with E-state index in [0.717, 1.165) is 11.1 Å². The minimum absolute atomic E-state index is 0.0440. The van der Waals surface area contributed by atoms with Crippen molar-refractivity contribution in [1.29, 1.82) is 0 Å². The summed E-state index contributed by atoms with van der Waals surface area (Å²) in [6.45, 7) is 4.65. The molecule has 1 atom stereocenters. The van der Waals surface area contributed by atoms with Crippen LogP contribution in [0.5, 0.6) is 0 Å². The summed E-state index contributed by atoms with van der Waals surface area (Å²) in [5.41, 5.74) is 1.90. The Morgan fingerprint density at radius 2 is 2.24 bits per heavy atom. The largest absolute Gasteiger partial charge is 0.361 e. The van der Waals surface area contributed by atoms with E-state index in [1.54, 1.807) is 6.92 Å². The monoisotopic (exact) mass is 255 g/mol. The summed E-state index contributed by atoms with van der Waals surface area (Å²) < 4.78 is 31.0. The molecule has 0 radical (unpaired) electrons. The van der Waals surface area contributed by atoms with Crippen molar-refractivity contribution in [2.75, 3.05) is 13.2 Å². The van der Waals surface area contributed by atoms with Crippen LogP contribution in [0.4, 0.5) is 0 Å². The van der Waals surface area contributed by atoms with Gasteiger partial charge in [0, 0.05) is 6.54 Å². The van der Waals surface area contributed by atoms with Crippen molar-refractivity contribution in [3.05, 3.63) is 35.4 Å². The normalized spacial score (nSPS) is 21.9. The van der Waals surface area contributed by atoms with Gasteiger partial charge >= 0.3 is 0 Å². The summed E-state index contributed by atoms with van der Waals surface area (Å²) in [5, 5.41) is 0. The maximum Gasteiger partial charge on any atom is 0.220 e. The predicted octanol–water partition coefficient (Wildman–Crippen LogP) is 1.50. The second kappa shape index (κ2) is 4.76. The maximum absolute atomic E-state index is 12.2. The van der Waals surface area contributed by atoms with Crippen LogP contribution < -0.4 is 0 Å². The van der Waals surface area contributed by atoms with Crippen LogP contribution in [0.15, 0.2) is 24.3 Å². The van der Waals surface area contributed by atoms with Crippen molar-refractivity contribution in [3.63, 3.8) is 0 Å². The summed E-state index contributed by atoms with van der Waals surface area (Å²) in [5.74, 6) is 0.0440. The number of ether oxygens (including phenoxy) is 1. The number of hydrogen-bond donors (Lipinski definition) is 0. The molecule has 17 heavy (non-hydrogen) atoms. The Kier molecular flexibility index (Phi) is 3.51. The molecule has 1 unspecified atom stereocenters. The Morgan fingerprint density at radius 3 is 2.82 bits per heavy atom. The first kappa shape index (κ1) is 12.5. The second-order valence-corrected chi connectivity index (χ2v) is 6.25. The van der Waals surface area contributed by atoms with Gasteiger partial charge in [0.25, 0.3) is 0 Å². The van der Waals surface area contributed by atoms with E-state index in [1.807, 2.05) is 31.2 Å². The molecule has 0 saturated carbocycles. The third-order valence-electron chi connectivity index (χ3n) is 2.87. The number of hydrogen-bond acceptors (Lipinski definition) is 3. The van der Waals surface area contributed by atoms with Gasteiger partial charge < -0.3 is 4.74 Å². The standard InChI is InChI=1S/C12H17NO3S/c1-10-4-3-5-12(8-10)9-17(14,15)13-6-7-16-11(13)2/h3-5,8,11H,6-7,9H2,1-2H3. The van der Waals surface area contributed by atoms with Gasteiger partial charge in [0.05, 0.1) is 12.4 Å². The molecule has 1 aliphatic heterocycles. The average molecular weight is 255 g/mol. The van der Waals surface area contributed by atoms with Crippen LogP contribution in [0, 0.1) is 6.92 Å². The average Bonchev–Trinajstić information content (AvgIpc) is 2.64. The molecular weight excluding hydrogens is 238 g/mol. The molecule has 0 aliphatic carbocycles. The van der Waals surface area contributed by atoms with Gasteiger partial charge in [-0.3, -0.25) is 0 Å². The highest BCUT2D eigenvalue weighted by molar-refractivity contribution is 7.88. The quantitative estimate of drug-likeness (QED) is 0.822. The van der Waals surface area contributed by atoms with Crippen LogP contribution in [-0.4, -0.2) is 32.1 Å². The highest BCUT2D eigenvalue weighted by Gasteiger charge is 2.32. The van der Waals surface area contributed by atoms with E-state index >= 15 is 0 Å². The Hall–Kier alpha value is -0.910. The van der Waals surface area contributed by atoms with E-state index in [4.69, 9.17) is 4.74 Å². The van der Waals surface area contributed by atoms with Gasteiger partial charge in [-0.15, -0.1) is 0 Å². The van der Waals surface area contributed by atoms with Crippen molar-refractivity contribution in [2.45, 2.75) is 25.8 Å². The van der Waals surface area contributed by atoms with Gasteiger partial charge in [-0.1, -0.05) is 29.8 Å². The number of sulfonamides is 1. The lowest BCUT2D eigenvalue weighted by atomic mass is 10.2. The first-order chi connectivity index (χ1) is 7.99. The summed E-state index contributed by atoms with van der Waals surface area (Å²) in [6.07, 6.45) is -0.343. The van der Waals surface area contributed by atoms with Crippen LogP contribution in [0.2, 0.25) is 0 Å². The lowest BCUT2D eigenvalue weighted by molar-refractivity contribution is 0.0846. The van der Waals surface area contributed by atoms with Gasteiger partial charge in [0.2, 0.25) is 10.0 Å². The third kappa shape index (κ3) is 2.86. The number of aryl methyl sites for hydroxylation is 1. The second-order valence-electron chi connectivity index (χ2n) is 4.33. The van der Waals surface area contributed by atoms with E-state index < -0.39 is 10.0 Å². The molecule has 1 aromatic rings. The van der Waals surface area contributed by atoms with Gasteiger partial charge in [0.1, 0.15) is 6.23 Å². The Bertz CT molecular complexity index is 498. The molecule has 0 amide bonds. The van der Waals surface area contributed by atoms with Crippen molar-refractivity contribution in [2.24, 2.45) is 0 Å². The molecule has 2 rings (SSSR count). The summed E-state index contributed by atoms with van der Waals surface area (Å²) in [6, 6.07) is 7.58. The molecule has 94 valence electrons. The zero-order valence-electron chi connectivity index (χ0n) is 10.1. The number of rotatable bonds is 3. The predicted molar refractivity (Wildman–Crippen MR) is 65.9 cm³/mol. The first-order valence-electron chi connectivity index (χ1n) is 5.66. The number of nitrogens with zero attached hydrogens (tertiary/aromatic N) is 1. The number of benzene rings is 1. The van der Waals surface area contributed by atoms with Crippen molar-refractivity contribution >= 4 is 10.0 Å². The molecule has 1 fully saturated rings. The molecule has 5 heteroatoms. The van der Waals surface area contributed by atoms with Crippen molar-refractivity contribution in [1.82, 2.24) is 4.31 Å². The van der Waals surface area contributed by atoms with E-state index in [-0.39, 0.29) is 12.0 Å². The fraction of sp³-hybridized carbons (Fsp3) is 0.500. The lowest BCUT2D eigenvalue weighted by Gasteiger charge is -2.19. The molecular formula is C12H17NO3S. The van der Waals surface area contributed by atoms with E-state index in [2.05, 4.69) is 0 Å². The Balaban J connectivity index is 2.17. The van der Waals surface area contributed by atoms with Crippen LogP contribution in [-0.2, 0) is 20.5 Å². The maximum atomic E-state index is 12.2. The zero-order valence-corrected chi connectivity index (χ0v) is 10.9. The van der Waals surface area contributed by atoms with Crippen LogP contribution in [0.3, 0.4) is 0 Å². The minimum Gasteiger partial charge on any atom is -0.361 e. The van der Waals surface area contributed by atoms with Gasteiger partial charge in [-0.25, -0.2) is 8.42 Å². The first-order valence-corrected chi connectivity index (χ1v) is 7.26. The molecule has 1 heterocycles. The fourth-order valence-electron chi connectivity index (χ4n) is 2.04. The molecule has 4 nitrogen and oxygen atoms in total. The van der Waals surface area contributed by atoms with Gasteiger partial charge in [-0.05, 0) is 19.4 Å². The fourth-order valence-corrected chi connectivity index (χ4v) is 3.67. The zero-order chi connectivity index (χ0) is 12.5. The van der Waals surface area contributed by atoms with Gasteiger partial charge in [-0.2, -0.15) is 4.31 Å².